The molecule has 0 spiro atoms. The summed E-state index contributed by atoms with van der Waals surface area (Å²) in [5.41, 5.74) is 3.92. The van der Waals surface area contributed by atoms with E-state index in [-0.39, 0.29) is 11.6 Å². The predicted molar refractivity (Wildman–Crippen MR) is 77.2 cm³/mol. The van der Waals surface area contributed by atoms with E-state index in [0.717, 1.165) is 22.3 Å². The predicted octanol–water partition coefficient (Wildman–Crippen LogP) is 5.30. The van der Waals surface area contributed by atoms with Crippen molar-refractivity contribution in [2.75, 3.05) is 0 Å². The molecule has 0 saturated carbocycles. The zero-order valence-corrected chi connectivity index (χ0v) is 10.7. The summed E-state index contributed by atoms with van der Waals surface area (Å²) >= 11 is 0. The normalized spacial score (nSPS) is 10.5. The molecule has 0 bridgehead atoms. The van der Waals surface area contributed by atoms with Crippen LogP contribution in [0.3, 0.4) is 0 Å². The third-order valence-electron chi connectivity index (χ3n) is 3.22. The van der Waals surface area contributed by atoms with E-state index in [1.54, 1.807) is 24.3 Å². The maximum atomic E-state index is 12.9. The highest BCUT2D eigenvalue weighted by Crippen LogP contribution is 2.26. The van der Waals surface area contributed by atoms with Crippen LogP contribution in [-0.2, 0) is 0 Å². The Kier molecular flexibility index (Phi) is 3.30. The number of hydrogen-bond donors (Lipinski definition) is 0. The fourth-order valence-electron chi connectivity index (χ4n) is 2.16. The SMILES string of the molecule is Fc1ccc(-c2cccc(-c3ccc(F)cc3)c2)cc1. The van der Waals surface area contributed by atoms with Gasteiger partial charge in [-0.2, -0.15) is 0 Å². The molecule has 0 radical (unpaired) electrons. The average molecular weight is 266 g/mol. The number of rotatable bonds is 2. The molecular formula is C18H12F2. The van der Waals surface area contributed by atoms with Crippen LogP contribution in [0.4, 0.5) is 8.78 Å². The topological polar surface area (TPSA) is 0 Å². The van der Waals surface area contributed by atoms with Gasteiger partial charge in [0.2, 0.25) is 0 Å². The maximum absolute atomic E-state index is 12.9. The lowest BCUT2D eigenvalue weighted by atomic mass is 9.99. The van der Waals surface area contributed by atoms with Gasteiger partial charge in [-0.1, -0.05) is 42.5 Å². The van der Waals surface area contributed by atoms with Crippen molar-refractivity contribution < 1.29 is 8.78 Å². The summed E-state index contributed by atoms with van der Waals surface area (Å²) in [6.45, 7) is 0. The molecule has 0 unspecified atom stereocenters. The highest BCUT2D eigenvalue weighted by Gasteiger charge is 2.02. The molecule has 98 valence electrons. The summed E-state index contributed by atoms with van der Waals surface area (Å²) < 4.78 is 25.9. The molecule has 0 amide bonds. The molecule has 0 N–H and O–H groups in total. The number of hydrogen-bond acceptors (Lipinski definition) is 0. The molecule has 3 rings (SSSR count). The van der Waals surface area contributed by atoms with Gasteiger partial charge in [-0.3, -0.25) is 0 Å². The van der Waals surface area contributed by atoms with E-state index in [2.05, 4.69) is 0 Å². The van der Waals surface area contributed by atoms with Crippen LogP contribution < -0.4 is 0 Å². The quantitative estimate of drug-likeness (QED) is 0.590. The Morgan fingerprint density at radius 1 is 0.450 bits per heavy atom. The van der Waals surface area contributed by atoms with Crippen LogP contribution >= 0.6 is 0 Å². The zero-order chi connectivity index (χ0) is 13.9. The van der Waals surface area contributed by atoms with Crippen molar-refractivity contribution in [3.63, 3.8) is 0 Å². The van der Waals surface area contributed by atoms with Gasteiger partial charge in [0, 0.05) is 0 Å². The van der Waals surface area contributed by atoms with Gasteiger partial charge in [0.1, 0.15) is 11.6 Å². The van der Waals surface area contributed by atoms with E-state index in [4.69, 9.17) is 0 Å². The summed E-state index contributed by atoms with van der Waals surface area (Å²) in [7, 11) is 0. The first kappa shape index (κ1) is 12.5. The first-order valence-electron chi connectivity index (χ1n) is 6.34. The Labute approximate surface area is 116 Å². The van der Waals surface area contributed by atoms with Crippen molar-refractivity contribution in [2.45, 2.75) is 0 Å². The lowest BCUT2D eigenvalue weighted by Crippen LogP contribution is -1.82. The van der Waals surface area contributed by atoms with Gasteiger partial charge >= 0.3 is 0 Å². The second kappa shape index (κ2) is 5.25. The molecule has 20 heavy (non-hydrogen) atoms. The third-order valence-corrected chi connectivity index (χ3v) is 3.22. The Morgan fingerprint density at radius 3 is 1.25 bits per heavy atom. The minimum Gasteiger partial charge on any atom is -0.207 e. The Bertz CT molecular complexity index is 652. The third kappa shape index (κ3) is 2.59. The Hall–Kier alpha value is -2.48. The van der Waals surface area contributed by atoms with Crippen LogP contribution in [0.1, 0.15) is 0 Å². The van der Waals surface area contributed by atoms with Gasteiger partial charge in [0.25, 0.3) is 0 Å². The molecule has 2 heteroatoms. The second-order valence-corrected chi connectivity index (χ2v) is 4.59. The van der Waals surface area contributed by atoms with Crippen molar-refractivity contribution in [3.8, 4) is 22.3 Å². The molecule has 0 aliphatic rings. The molecule has 0 aliphatic heterocycles. The fraction of sp³-hybridized carbons (Fsp3) is 0. The summed E-state index contributed by atoms with van der Waals surface area (Å²) in [5, 5.41) is 0. The smallest absolute Gasteiger partial charge is 0.123 e. The lowest BCUT2D eigenvalue weighted by Gasteiger charge is -2.06. The van der Waals surface area contributed by atoms with Crippen molar-refractivity contribution in [3.05, 3.63) is 84.4 Å². The zero-order valence-electron chi connectivity index (χ0n) is 10.7. The number of benzene rings is 3. The van der Waals surface area contributed by atoms with E-state index in [1.807, 2.05) is 24.3 Å². The lowest BCUT2D eigenvalue weighted by molar-refractivity contribution is 0.627. The molecule has 0 heterocycles. The van der Waals surface area contributed by atoms with Gasteiger partial charge in [-0.15, -0.1) is 0 Å². The molecule has 0 saturated heterocycles. The Balaban J connectivity index is 2.01. The molecule has 0 aliphatic carbocycles. The van der Waals surface area contributed by atoms with Crippen LogP contribution in [0.5, 0.6) is 0 Å². The van der Waals surface area contributed by atoms with E-state index >= 15 is 0 Å². The molecule has 0 atom stereocenters. The van der Waals surface area contributed by atoms with Gasteiger partial charge in [0.15, 0.2) is 0 Å². The highest BCUT2D eigenvalue weighted by molar-refractivity contribution is 5.72. The molecule has 3 aromatic rings. The average Bonchev–Trinajstić information content (AvgIpc) is 2.49. The van der Waals surface area contributed by atoms with Gasteiger partial charge < -0.3 is 0 Å². The summed E-state index contributed by atoms with van der Waals surface area (Å²) in [5.74, 6) is -0.494. The van der Waals surface area contributed by atoms with Gasteiger partial charge in [0.05, 0.1) is 0 Å². The van der Waals surface area contributed by atoms with E-state index in [0.29, 0.717) is 0 Å². The largest absolute Gasteiger partial charge is 0.207 e. The van der Waals surface area contributed by atoms with Crippen molar-refractivity contribution in [2.24, 2.45) is 0 Å². The summed E-state index contributed by atoms with van der Waals surface area (Å²) in [4.78, 5) is 0. The van der Waals surface area contributed by atoms with E-state index in [9.17, 15) is 8.78 Å². The first-order valence-corrected chi connectivity index (χ1v) is 6.34. The molecular weight excluding hydrogens is 254 g/mol. The van der Waals surface area contributed by atoms with E-state index in [1.165, 1.54) is 24.3 Å². The molecule has 3 aromatic carbocycles. The first-order chi connectivity index (χ1) is 9.72. The minimum absolute atomic E-state index is 0.247. The van der Waals surface area contributed by atoms with Crippen LogP contribution in [-0.4, -0.2) is 0 Å². The summed E-state index contributed by atoms with van der Waals surface area (Å²) in [6, 6.07) is 20.7. The minimum atomic E-state index is -0.247. The van der Waals surface area contributed by atoms with Crippen molar-refractivity contribution >= 4 is 0 Å². The van der Waals surface area contributed by atoms with E-state index < -0.39 is 0 Å². The van der Waals surface area contributed by atoms with Crippen LogP contribution in [0.2, 0.25) is 0 Å². The Morgan fingerprint density at radius 2 is 0.850 bits per heavy atom. The molecule has 0 fully saturated rings. The monoisotopic (exact) mass is 266 g/mol. The van der Waals surface area contributed by atoms with Crippen LogP contribution in [0.25, 0.3) is 22.3 Å². The van der Waals surface area contributed by atoms with Crippen LogP contribution in [0.15, 0.2) is 72.8 Å². The van der Waals surface area contributed by atoms with Crippen LogP contribution in [0, 0.1) is 11.6 Å². The van der Waals surface area contributed by atoms with Gasteiger partial charge in [-0.05, 0) is 52.6 Å². The highest BCUT2D eigenvalue weighted by atomic mass is 19.1. The number of halogens is 2. The van der Waals surface area contributed by atoms with Gasteiger partial charge in [-0.25, -0.2) is 8.78 Å². The summed E-state index contributed by atoms with van der Waals surface area (Å²) in [6.07, 6.45) is 0. The standard InChI is InChI=1S/C18H12F2/c19-17-8-4-13(5-9-17)15-2-1-3-16(12-15)14-6-10-18(20)11-7-14/h1-12H. The maximum Gasteiger partial charge on any atom is 0.123 e. The molecule has 0 aromatic heterocycles. The second-order valence-electron chi connectivity index (χ2n) is 4.59. The fourth-order valence-corrected chi connectivity index (χ4v) is 2.16. The molecule has 0 nitrogen and oxygen atoms in total. The van der Waals surface area contributed by atoms with Crippen molar-refractivity contribution in [1.29, 1.82) is 0 Å². The van der Waals surface area contributed by atoms with Crippen molar-refractivity contribution in [1.82, 2.24) is 0 Å².